The van der Waals surface area contributed by atoms with Crippen molar-refractivity contribution in [1.29, 1.82) is 0 Å². The van der Waals surface area contributed by atoms with Crippen LogP contribution in [0.5, 0.6) is 0 Å². The second kappa shape index (κ2) is 11.7. The molecule has 32 heavy (non-hydrogen) atoms. The zero-order valence-electron chi connectivity index (χ0n) is 19.5. The fourth-order valence-corrected chi connectivity index (χ4v) is 3.91. The van der Waals surface area contributed by atoms with Crippen molar-refractivity contribution >= 4 is 43.1 Å². The molecular weight excluding hydrogens is 384 g/mol. The minimum Gasteiger partial charge on any atom is -0.0683 e. The van der Waals surface area contributed by atoms with Crippen molar-refractivity contribution in [2.24, 2.45) is 0 Å². The molecule has 6 rings (SSSR count). The van der Waals surface area contributed by atoms with E-state index in [1.807, 2.05) is 27.7 Å². The minimum atomic E-state index is 1.31. The lowest BCUT2D eigenvalue weighted by Gasteiger charge is -2.02. The quantitative estimate of drug-likeness (QED) is 0.216. The molecule has 0 nitrogen and oxygen atoms in total. The van der Waals surface area contributed by atoms with Crippen LogP contribution in [0, 0.1) is 0 Å². The summed E-state index contributed by atoms with van der Waals surface area (Å²) in [5, 5.41) is 10.6. The van der Waals surface area contributed by atoms with Crippen LogP contribution in [0.25, 0.3) is 43.1 Å². The van der Waals surface area contributed by atoms with Crippen LogP contribution in [0.3, 0.4) is 0 Å². The molecule has 0 unspecified atom stereocenters. The summed E-state index contributed by atoms with van der Waals surface area (Å²) in [5.41, 5.74) is 0. The minimum absolute atomic E-state index is 1.31. The second-order valence-corrected chi connectivity index (χ2v) is 7.02. The summed E-state index contributed by atoms with van der Waals surface area (Å²) < 4.78 is 0. The number of hydrogen-bond acceptors (Lipinski definition) is 0. The SMILES string of the molecule is CC.CC.c1ccc2c(c1)ccc1ccccc12.c1ccc2c(c1)ccc1ccccc12. The van der Waals surface area contributed by atoms with Crippen LogP contribution < -0.4 is 0 Å². The standard InChI is InChI=1S/2C14H10.2C2H6/c2*1-3-7-13-11(5-1)9-10-12-6-2-4-8-14(12)13;2*1-2/h2*1-10H;2*1-2H3. The normalized spacial score (nSPS) is 9.88. The summed E-state index contributed by atoms with van der Waals surface area (Å²) in [4.78, 5) is 0. The van der Waals surface area contributed by atoms with Crippen molar-refractivity contribution in [3.8, 4) is 0 Å². The van der Waals surface area contributed by atoms with E-state index in [9.17, 15) is 0 Å². The second-order valence-electron chi connectivity index (χ2n) is 7.02. The first-order valence-corrected chi connectivity index (χ1v) is 11.6. The maximum atomic E-state index is 2.18. The maximum absolute atomic E-state index is 2.18. The van der Waals surface area contributed by atoms with Gasteiger partial charge in [0.25, 0.3) is 0 Å². The lowest BCUT2D eigenvalue weighted by Crippen LogP contribution is -1.75. The predicted molar refractivity (Wildman–Crippen MR) is 146 cm³/mol. The molecule has 0 radical (unpaired) electrons. The highest BCUT2D eigenvalue weighted by atomic mass is 14.0. The van der Waals surface area contributed by atoms with Crippen LogP contribution in [-0.4, -0.2) is 0 Å². The Morgan fingerprint density at radius 2 is 0.438 bits per heavy atom. The Morgan fingerprint density at radius 3 is 0.656 bits per heavy atom. The summed E-state index contributed by atoms with van der Waals surface area (Å²) in [6.45, 7) is 8.00. The Bertz CT molecular complexity index is 1190. The van der Waals surface area contributed by atoms with Gasteiger partial charge in [0.2, 0.25) is 0 Å². The molecule has 160 valence electrons. The van der Waals surface area contributed by atoms with E-state index in [1.165, 1.54) is 43.1 Å². The summed E-state index contributed by atoms with van der Waals surface area (Å²) >= 11 is 0. The third-order valence-corrected chi connectivity index (χ3v) is 5.31. The molecule has 0 saturated heterocycles. The topological polar surface area (TPSA) is 0 Å². The monoisotopic (exact) mass is 416 g/mol. The highest BCUT2D eigenvalue weighted by Crippen LogP contribution is 2.25. The average molecular weight is 417 g/mol. The Morgan fingerprint density at radius 1 is 0.250 bits per heavy atom. The number of rotatable bonds is 0. The van der Waals surface area contributed by atoms with Gasteiger partial charge in [-0.05, 0) is 43.1 Å². The van der Waals surface area contributed by atoms with Gasteiger partial charge in [-0.15, -0.1) is 0 Å². The van der Waals surface area contributed by atoms with Crippen molar-refractivity contribution < 1.29 is 0 Å². The molecular formula is C32H32. The van der Waals surface area contributed by atoms with Gasteiger partial charge in [-0.3, -0.25) is 0 Å². The highest BCUT2D eigenvalue weighted by Gasteiger charge is 1.98. The summed E-state index contributed by atoms with van der Waals surface area (Å²) in [6.07, 6.45) is 0. The van der Waals surface area contributed by atoms with E-state index in [1.54, 1.807) is 0 Å². The third kappa shape index (κ3) is 4.98. The molecule has 0 aliphatic carbocycles. The zero-order chi connectivity index (χ0) is 22.8. The van der Waals surface area contributed by atoms with Crippen molar-refractivity contribution in [3.63, 3.8) is 0 Å². The number of hydrogen-bond donors (Lipinski definition) is 0. The van der Waals surface area contributed by atoms with Gasteiger partial charge in [0.05, 0.1) is 0 Å². The van der Waals surface area contributed by atoms with Gasteiger partial charge in [0, 0.05) is 0 Å². The van der Waals surface area contributed by atoms with Gasteiger partial charge in [-0.25, -0.2) is 0 Å². The number of benzene rings is 6. The summed E-state index contributed by atoms with van der Waals surface area (Å²) in [5.74, 6) is 0. The molecule has 0 heterocycles. The molecule has 0 spiro atoms. The molecule has 0 N–H and O–H groups in total. The van der Waals surface area contributed by atoms with Crippen LogP contribution >= 0.6 is 0 Å². The first-order valence-electron chi connectivity index (χ1n) is 11.6. The van der Waals surface area contributed by atoms with Gasteiger partial charge >= 0.3 is 0 Å². The van der Waals surface area contributed by atoms with Crippen LogP contribution in [-0.2, 0) is 0 Å². The van der Waals surface area contributed by atoms with E-state index in [-0.39, 0.29) is 0 Å². The van der Waals surface area contributed by atoms with Crippen LogP contribution in [0.2, 0.25) is 0 Å². The van der Waals surface area contributed by atoms with Gasteiger partial charge in [0.15, 0.2) is 0 Å². The van der Waals surface area contributed by atoms with Crippen molar-refractivity contribution in [2.75, 3.05) is 0 Å². The molecule has 0 bridgehead atoms. The van der Waals surface area contributed by atoms with E-state index in [0.29, 0.717) is 0 Å². The average Bonchev–Trinajstić information content (AvgIpc) is 2.91. The molecule has 0 fully saturated rings. The highest BCUT2D eigenvalue weighted by molar-refractivity contribution is 6.08. The molecule has 0 aliphatic heterocycles. The maximum Gasteiger partial charge on any atom is -0.0105 e. The Labute approximate surface area is 192 Å². The van der Waals surface area contributed by atoms with Gasteiger partial charge in [-0.1, -0.05) is 149 Å². The molecule has 0 amide bonds. The van der Waals surface area contributed by atoms with Crippen molar-refractivity contribution in [1.82, 2.24) is 0 Å². The van der Waals surface area contributed by atoms with Gasteiger partial charge < -0.3 is 0 Å². The third-order valence-electron chi connectivity index (χ3n) is 5.31. The van der Waals surface area contributed by atoms with Crippen LogP contribution in [0.4, 0.5) is 0 Å². The van der Waals surface area contributed by atoms with E-state index < -0.39 is 0 Å². The van der Waals surface area contributed by atoms with Crippen molar-refractivity contribution in [3.05, 3.63) is 121 Å². The Hall–Kier alpha value is -3.64. The molecule has 0 atom stereocenters. The van der Waals surface area contributed by atoms with Crippen LogP contribution in [0.15, 0.2) is 121 Å². The first-order chi connectivity index (χ1) is 15.9. The molecule has 0 heteroatoms. The van der Waals surface area contributed by atoms with E-state index in [4.69, 9.17) is 0 Å². The Kier molecular flexibility index (Phi) is 8.40. The molecule has 6 aromatic carbocycles. The summed E-state index contributed by atoms with van der Waals surface area (Å²) in [7, 11) is 0. The predicted octanol–water partition coefficient (Wildman–Crippen LogP) is 10.0. The molecule has 0 aromatic heterocycles. The number of fused-ring (bicyclic) bond motifs is 6. The summed E-state index contributed by atoms with van der Waals surface area (Å²) in [6, 6.07) is 42.7. The zero-order valence-corrected chi connectivity index (χ0v) is 19.5. The molecule has 0 saturated carbocycles. The van der Waals surface area contributed by atoms with Crippen LogP contribution in [0.1, 0.15) is 27.7 Å². The van der Waals surface area contributed by atoms with Gasteiger partial charge in [-0.2, -0.15) is 0 Å². The van der Waals surface area contributed by atoms with Gasteiger partial charge in [0.1, 0.15) is 0 Å². The van der Waals surface area contributed by atoms with E-state index in [0.717, 1.165) is 0 Å². The van der Waals surface area contributed by atoms with E-state index >= 15 is 0 Å². The lowest BCUT2D eigenvalue weighted by molar-refractivity contribution is 1.50. The smallest absolute Gasteiger partial charge is 0.0105 e. The fraction of sp³-hybridized carbons (Fsp3) is 0.125. The first kappa shape index (κ1) is 23.0. The molecule has 6 aromatic rings. The van der Waals surface area contributed by atoms with E-state index in [2.05, 4.69) is 121 Å². The fourth-order valence-electron chi connectivity index (χ4n) is 3.91. The lowest BCUT2D eigenvalue weighted by atomic mass is 10.0. The Balaban J connectivity index is 0.000000157. The molecule has 0 aliphatic rings. The van der Waals surface area contributed by atoms with Crippen molar-refractivity contribution in [2.45, 2.75) is 27.7 Å². The largest absolute Gasteiger partial charge is 0.0683 e.